The fraction of sp³-hybridized carbons (Fsp3) is 0.400. The largest absolute Gasteiger partial charge is 0.545 e. The van der Waals surface area contributed by atoms with E-state index in [0.29, 0.717) is 17.4 Å². The Bertz CT molecular complexity index is 734. The van der Waals surface area contributed by atoms with Gasteiger partial charge in [-0.3, -0.25) is 9.36 Å². The van der Waals surface area contributed by atoms with E-state index in [4.69, 9.17) is 0 Å². The molecule has 0 atom stereocenters. The molecule has 0 spiro atoms. The van der Waals surface area contributed by atoms with Gasteiger partial charge in [-0.25, -0.2) is 4.98 Å². The Kier molecular flexibility index (Phi) is 3.26. The van der Waals surface area contributed by atoms with E-state index < -0.39 is 5.97 Å². The molecule has 0 N–H and O–H groups in total. The summed E-state index contributed by atoms with van der Waals surface area (Å²) < 4.78 is 1.74. The number of carboxylic acid groups (broad SMARTS) is 1. The van der Waals surface area contributed by atoms with Crippen LogP contribution in [0.3, 0.4) is 0 Å². The number of aryl methyl sites for hydroxylation is 1. The lowest BCUT2D eigenvalue weighted by Gasteiger charge is -2.16. The molecule has 0 unspecified atom stereocenters. The highest BCUT2D eigenvalue weighted by Crippen LogP contribution is 2.16. The molecule has 2 heterocycles. The van der Waals surface area contributed by atoms with Gasteiger partial charge in [-0.2, -0.15) is 0 Å². The summed E-state index contributed by atoms with van der Waals surface area (Å²) in [6.07, 6.45) is 5.04. The minimum atomic E-state index is -1.25. The summed E-state index contributed by atoms with van der Waals surface area (Å²) >= 11 is 0. The molecule has 0 radical (unpaired) electrons. The van der Waals surface area contributed by atoms with Crippen molar-refractivity contribution in [3.05, 3.63) is 39.9 Å². The molecule has 104 valence electrons. The van der Waals surface area contributed by atoms with Gasteiger partial charge in [-0.15, -0.1) is 0 Å². The number of aromatic nitrogens is 2. The molecule has 1 aromatic heterocycles. The zero-order chi connectivity index (χ0) is 14.1. The third-order valence-corrected chi connectivity index (χ3v) is 3.80. The first-order valence-corrected chi connectivity index (χ1v) is 6.91. The van der Waals surface area contributed by atoms with Crippen molar-refractivity contribution in [3.8, 4) is 0 Å². The van der Waals surface area contributed by atoms with Crippen molar-refractivity contribution >= 4 is 16.9 Å². The molecule has 0 aliphatic carbocycles. The average Bonchev–Trinajstić information content (AvgIpc) is 2.40. The molecule has 0 saturated carbocycles. The monoisotopic (exact) mass is 271 g/mol. The molecule has 3 rings (SSSR count). The number of carbonyl (C=O) groups is 1. The van der Waals surface area contributed by atoms with Crippen molar-refractivity contribution in [1.82, 2.24) is 9.55 Å². The average molecular weight is 271 g/mol. The summed E-state index contributed by atoms with van der Waals surface area (Å²) in [5.41, 5.74) is 0.431. The normalized spacial score (nSPS) is 15.4. The molecule has 0 fully saturated rings. The number of carboxylic acids is 1. The summed E-state index contributed by atoms with van der Waals surface area (Å²) in [5.74, 6) is -0.488. The maximum absolute atomic E-state index is 12.5. The quantitative estimate of drug-likeness (QED) is 0.771. The second-order valence-corrected chi connectivity index (χ2v) is 5.17. The first-order chi connectivity index (χ1) is 9.66. The number of carbonyl (C=O) groups excluding carboxylic acids is 1. The standard InChI is InChI=1S/C15H16N2O3/c18-14-11-7-6-10(15(19)20)9-12(11)16-13-5-3-1-2-4-8-17(13)14/h6-7,9H,1-5,8H2,(H,19,20)/p-1. The van der Waals surface area contributed by atoms with E-state index in [9.17, 15) is 14.7 Å². The number of rotatable bonds is 1. The molecule has 2 aromatic rings. The summed E-state index contributed by atoms with van der Waals surface area (Å²) in [4.78, 5) is 27.9. The van der Waals surface area contributed by atoms with Gasteiger partial charge >= 0.3 is 0 Å². The number of benzene rings is 1. The Morgan fingerprint density at radius 1 is 1.20 bits per heavy atom. The first-order valence-electron chi connectivity index (χ1n) is 6.91. The number of aromatic carboxylic acids is 1. The molecular formula is C15H15N2O3-. The van der Waals surface area contributed by atoms with Gasteiger partial charge in [-0.1, -0.05) is 18.9 Å². The van der Waals surface area contributed by atoms with E-state index in [1.54, 1.807) is 4.57 Å². The molecule has 0 amide bonds. The number of fused-ring (bicyclic) bond motifs is 2. The minimum Gasteiger partial charge on any atom is -0.545 e. The molecule has 0 bridgehead atoms. The fourth-order valence-corrected chi connectivity index (χ4v) is 2.72. The van der Waals surface area contributed by atoms with Crippen LogP contribution in [0.25, 0.3) is 10.9 Å². The smallest absolute Gasteiger partial charge is 0.261 e. The lowest BCUT2D eigenvalue weighted by molar-refractivity contribution is -0.255. The van der Waals surface area contributed by atoms with Crippen molar-refractivity contribution in [3.63, 3.8) is 0 Å². The van der Waals surface area contributed by atoms with E-state index >= 15 is 0 Å². The molecule has 5 nitrogen and oxygen atoms in total. The summed E-state index contributed by atoms with van der Waals surface area (Å²) in [7, 11) is 0. The molecule has 0 saturated heterocycles. The topological polar surface area (TPSA) is 75.0 Å². The lowest BCUT2D eigenvalue weighted by Crippen LogP contribution is -2.27. The van der Waals surface area contributed by atoms with Crippen molar-refractivity contribution in [2.75, 3.05) is 0 Å². The van der Waals surface area contributed by atoms with Crippen molar-refractivity contribution in [2.24, 2.45) is 0 Å². The van der Waals surface area contributed by atoms with Crippen LogP contribution in [0.15, 0.2) is 23.0 Å². The van der Waals surface area contributed by atoms with E-state index in [-0.39, 0.29) is 11.1 Å². The first kappa shape index (κ1) is 12.8. The van der Waals surface area contributed by atoms with Crippen LogP contribution < -0.4 is 10.7 Å². The van der Waals surface area contributed by atoms with Gasteiger partial charge in [0.25, 0.3) is 5.56 Å². The molecule has 20 heavy (non-hydrogen) atoms. The van der Waals surface area contributed by atoms with Crippen LogP contribution in [0.5, 0.6) is 0 Å². The maximum atomic E-state index is 12.5. The Labute approximate surface area is 115 Å². The Morgan fingerprint density at radius 3 is 2.80 bits per heavy atom. The third-order valence-electron chi connectivity index (χ3n) is 3.80. The zero-order valence-electron chi connectivity index (χ0n) is 11.1. The SMILES string of the molecule is O=C([O-])c1ccc2c(=O)n3c(nc2c1)CCCCCC3. The second-order valence-electron chi connectivity index (χ2n) is 5.17. The highest BCUT2D eigenvalue weighted by atomic mass is 16.4. The third kappa shape index (κ3) is 2.19. The van der Waals surface area contributed by atoms with Gasteiger partial charge in [0.2, 0.25) is 0 Å². The molecule has 1 aliphatic heterocycles. The van der Waals surface area contributed by atoms with Gasteiger partial charge in [0.15, 0.2) is 0 Å². The van der Waals surface area contributed by atoms with Crippen LogP contribution in [0.4, 0.5) is 0 Å². The predicted octanol–water partition coefficient (Wildman–Crippen LogP) is 0.876. The predicted molar refractivity (Wildman–Crippen MR) is 72.5 cm³/mol. The fourth-order valence-electron chi connectivity index (χ4n) is 2.72. The van der Waals surface area contributed by atoms with E-state index in [1.165, 1.54) is 18.2 Å². The molecule has 1 aromatic carbocycles. The summed E-state index contributed by atoms with van der Waals surface area (Å²) in [6.45, 7) is 0.694. The van der Waals surface area contributed by atoms with Gasteiger partial charge in [-0.05, 0) is 30.5 Å². The van der Waals surface area contributed by atoms with Crippen molar-refractivity contribution in [1.29, 1.82) is 0 Å². The number of hydrogen-bond acceptors (Lipinski definition) is 4. The van der Waals surface area contributed by atoms with Gasteiger partial charge in [0.1, 0.15) is 5.82 Å². The van der Waals surface area contributed by atoms with Gasteiger partial charge in [0.05, 0.1) is 16.9 Å². The summed E-state index contributed by atoms with van der Waals surface area (Å²) in [5, 5.41) is 11.4. The minimum absolute atomic E-state index is 0.0557. The van der Waals surface area contributed by atoms with Crippen molar-refractivity contribution < 1.29 is 9.90 Å². The van der Waals surface area contributed by atoms with Crippen LogP contribution in [0.2, 0.25) is 0 Å². The molecular weight excluding hydrogens is 256 g/mol. The van der Waals surface area contributed by atoms with Crippen LogP contribution in [0.1, 0.15) is 41.9 Å². The molecule has 5 heteroatoms. The molecule has 1 aliphatic rings. The van der Waals surface area contributed by atoms with Crippen LogP contribution >= 0.6 is 0 Å². The highest BCUT2D eigenvalue weighted by molar-refractivity contribution is 5.91. The van der Waals surface area contributed by atoms with Crippen LogP contribution in [-0.2, 0) is 13.0 Å². The van der Waals surface area contributed by atoms with Crippen LogP contribution in [-0.4, -0.2) is 15.5 Å². The van der Waals surface area contributed by atoms with Crippen molar-refractivity contribution in [2.45, 2.75) is 38.6 Å². The maximum Gasteiger partial charge on any atom is 0.261 e. The van der Waals surface area contributed by atoms with Crippen LogP contribution in [0, 0.1) is 0 Å². The van der Waals surface area contributed by atoms with E-state index in [2.05, 4.69) is 4.98 Å². The number of nitrogens with zero attached hydrogens (tertiary/aromatic N) is 2. The highest BCUT2D eigenvalue weighted by Gasteiger charge is 2.13. The van der Waals surface area contributed by atoms with E-state index in [1.807, 2.05) is 0 Å². The second kappa shape index (κ2) is 5.07. The van der Waals surface area contributed by atoms with E-state index in [0.717, 1.165) is 37.9 Å². The Hall–Kier alpha value is -2.17. The Morgan fingerprint density at radius 2 is 2.00 bits per heavy atom. The summed E-state index contributed by atoms with van der Waals surface area (Å²) in [6, 6.07) is 4.35. The lowest BCUT2D eigenvalue weighted by atomic mass is 10.1. The number of hydrogen-bond donors (Lipinski definition) is 0. The van der Waals surface area contributed by atoms with Gasteiger partial charge < -0.3 is 9.90 Å². The van der Waals surface area contributed by atoms with Gasteiger partial charge in [0, 0.05) is 13.0 Å². The zero-order valence-corrected chi connectivity index (χ0v) is 11.1. The Balaban J connectivity index is 2.22.